The van der Waals surface area contributed by atoms with E-state index in [0.29, 0.717) is 0 Å². The van der Waals surface area contributed by atoms with Crippen LogP contribution < -0.4 is 5.32 Å². The Morgan fingerprint density at radius 1 is 0.938 bits per heavy atom. The molecule has 0 atom stereocenters. The smallest absolute Gasteiger partial charge is 0.221 e. The van der Waals surface area contributed by atoms with Crippen LogP contribution in [0.25, 0.3) is 0 Å². The Morgan fingerprint density at radius 3 is 1.75 bits per heavy atom. The minimum atomic E-state index is -0.0359. The Labute approximate surface area is 98.1 Å². The zero-order valence-corrected chi connectivity index (χ0v) is 10.0. The average molecular weight is 219 g/mol. The molecule has 88 valence electrons. The van der Waals surface area contributed by atoms with Crippen molar-refractivity contribution < 1.29 is 4.79 Å². The number of benzene rings is 1. The van der Waals surface area contributed by atoms with E-state index < -0.39 is 0 Å². The molecule has 2 rings (SSSR count). The predicted molar refractivity (Wildman–Crippen MR) is 68.4 cm³/mol. The number of carbonyl (C=O) groups is 1. The van der Waals surface area contributed by atoms with Crippen LogP contribution in [0.5, 0.6) is 0 Å². The SMILES string of the molecule is C1CCCCC1.CC(=O)Nc1ccccc1. The Balaban J connectivity index is 0.000000181. The first-order valence-electron chi connectivity index (χ1n) is 6.11. The minimum absolute atomic E-state index is 0.0359. The second kappa shape index (κ2) is 7.91. The highest BCUT2D eigenvalue weighted by Crippen LogP contribution is 2.15. The van der Waals surface area contributed by atoms with Crippen molar-refractivity contribution >= 4 is 11.6 Å². The lowest BCUT2D eigenvalue weighted by atomic mass is 10.0. The van der Waals surface area contributed by atoms with Crippen molar-refractivity contribution in [2.75, 3.05) is 5.32 Å². The third-order valence-corrected chi connectivity index (χ3v) is 2.59. The fourth-order valence-corrected chi connectivity index (χ4v) is 1.79. The summed E-state index contributed by atoms with van der Waals surface area (Å²) in [4.78, 5) is 10.5. The van der Waals surface area contributed by atoms with Gasteiger partial charge in [0.1, 0.15) is 0 Å². The van der Waals surface area contributed by atoms with Gasteiger partial charge in [0.05, 0.1) is 0 Å². The van der Waals surface area contributed by atoms with Crippen LogP contribution in [-0.2, 0) is 4.79 Å². The van der Waals surface area contributed by atoms with Crippen LogP contribution >= 0.6 is 0 Å². The number of rotatable bonds is 1. The number of carbonyl (C=O) groups excluding carboxylic acids is 1. The molecule has 1 aliphatic carbocycles. The van der Waals surface area contributed by atoms with Gasteiger partial charge in [0.2, 0.25) is 5.91 Å². The Hall–Kier alpha value is -1.31. The third-order valence-electron chi connectivity index (χ3n) is 2.59. The summed E-state index contributed by atoms with van der Waals surface area (Å²) < 4.78 is 0. The molecule has 0 unspecified atom stereocenters. The van der Waals surface area contributed by atoms with Crippen molar-refractivity contribution in [2.45, 2.75) is 45.4 Å². The standard InChI is InChI=1S/C8H9NO.C6H12/c1-7(10)9-8-5-3-2-4-6-8;1-2-4-6-5-3-1/h2-6H,1H3,(H,9,10);1-6H2. The van der Waals surface area contributed by atoms with Gasteiger partial charge in [-0.1, -0.05) is 56.7 Å². The second-order valence-electron chi connectivity index (χ2n) is 4.17. The summed E-state index contributed by atoms with van der Waals surface area (Å²) in [6.45, 7) is 1.49. The molecule has 0 aromatic heterocycles. The molecule has 0 saturated heterocycles. The normalized spacial score (nSPS) is 14.6. The minimum Gasteiger partial charge on any atom is -0.326 e. The van der Waals surface area contributed by atoms with Crippen molar-refractivity contribution in [1.82, 2.24) is 0 Å². The number of amides is 1. The van der Waals surface area contributed by atoms with Crippen LogP contribution in [0.15, 0.2) is 30.3 Å². The van der Waals surface area contributed by atoms with Crippen LogP contribution in [0.2, 0.25) is 0 Å². The molecule has 0 radical (unpaired) electrons. The number of hydrogen-bond acceptors (Lipinski definition) is 1. The second-order valence-corrected chi connectivity index (χ2v) is 4.17. The molecule has 2 nitrogen and oxygen atoms in total. The van der Waals surface area contributed by atoms with Crippen molar-refractivity contribution in [3.8, 4) is 0 Å². The van der Waals surface area contributed by atoms with Crippen LogP contribution in [0.4, 0.5) is 5.69 Å². The molecule has 0 bridgehead atoms. The van der Waals surface area contributed by atoms with E-state index in [2.05, 4.69) is 5.32 Å². The Bertz CT molecular complexity index is 279. The highest BCUT2D eigenvalue weighted by atomic mass is 16.1. The van der Waals surface area contributed by atoms with Gasteiger partial charge in [-0.25, -0.2) is 0 Å². The predicted octanol–water partition coefficient (Wildman–Crippen LogP) is 3.99. The summed E-state index contributed by atoms with van der Waals surface area (Å²) in [5.74, 6) is -0.0359. The van der Waals surface area contributed by atoms with E-state index >= 15 is 0 Å². The Morgan fingerprint density at radius 2 is 1.38 bits per heavy atom. The first kappa shape index (κ1) is 12.8. The van der Waals surface area contributed by atoms with Crippen LogP contribution in [0.1, 0.15) is 45.4 Å². The highest BCUT2D eigenvalue weighted by molar-refractivity contribution is 5.88. The molecular formula is C14H21NO. The zero-order chi connectivity index (χ0) is 11.6. The van der Waals surface area contributed by atoms with Gasteiger partial charge in [-0.2, -0.15) is 0 Å². The molecule has 1 amide bonds. The first-order valence-corrected chi connectivity index (χ1v) is 6.11. The number of para-hydroxylation sites is 1. The summed E-state index contributed by atoms with van der Waals surface area (Å²) in [7, 11) is 0. The van der Waals surface area contributed by atoms with Gasteiger partial charge in [-0.05, 0) is 12.1 Å². The van der Waals surface area contributed by atoms with Crippen molar-refractivity contribution in [3.05, 3.63) is 30.3 Å². The molecule has 1 aromatic rings. The van der Waals surface area contributed by atoms with Crippen molar-refractivity contribution in [1.29, 1.82) is 0 Å². The van der Waals surface area contributed by atoms with E-state index in [4.69, 9.17) is 0 Å². The molecule has 1 aliphatic rings. The van der Waals surface area contributed by atoms with Gasteiger partial charge >= 0.3 is 0 Å². The van der Waals surface area contributed by atoms with Gasteiger partial charge in [-0.3, -0.25) is 4.79 Å². The van der Waals surface area contributed by atoms with E-state index in [1.807, 2.05) is 30.3 Å². The van der Waals surface area contributed by atoms with E-state index in [1.165, 1.54) is 45.4 Å². The number of nitrogens with one attached hydrogen (secondary N) is 1. The van der Waals surface area contributed by atoms with Gasteiger partial charge in [0.25, 0.3) is 0 Å². The maximum absolute atomic E-state index is 10.5. The fourth-order valence-electron chi connectivity index (χ4n) is 1.79. The van der Waals surface area contributed by atoms with Crippen LogP contribution in [-0.4, -0.2) is 5.91 Å². The molecule has 1 N–H and O–H groups in total. The largest absolute Gasteiger partial charge is 0.326 e. The molecule has 0 heterocycles. The van der Waals surface area contributed by atoms with Gasteiger partial charge in [-0.15, -0.1) is 0 Å². The number of hydrogen-bond donors (Lipinski definition) is 1. The lowest BCUT2D eigenvalue weighted by molar-refractivity contribution is -0.114. The summed E-state index contributed by atoms with van der Waals surface area (Å²) >= 11 is 0. The topological polar surface area (TPSA) is 29.1 Å². The molecular weight excluding hydrogens is 198 g/mol. The maximum Gasteiger partial charge on any atom is 0.221 e. The summed E-state index contributed by atoms with van der Waals surface area (Å²) in [5, 5.41) is 2.67. The molecule has 16 heavy (non-hydrogen) atoms. The van der Waals surface area contributed by atoms with E-state index in [1.54, 1.807) is 0 Å². The van der Waals surface area contributed by atoms with Crippen molar-refractivity contribution in [2.24, 2.45) is 0 Å². The lowest BCUT2D eigenvalue weighted by Gasteiger charge is -2.05. The summed E-state index contributed by atoms with van der Waals surface area (Å²) in [5.41, 5.74) is 0.843. The number of anilines is 1. The van der Waals surface area contributed by atoms with Gasteiger partial charge in [0.15, 0.2) is 0 Å². The van der Waals surface area contributed by atoms with E-state index in [-0.39, 0.29) is 5.91 Å². The maximum atomic E-state index is 10.5. The fraction of sp³-hybridized carbons (Fsp3) is 0.500. The lowest BCUT2D eigenvalue weighted by Crippen LogP contribution is -2.04. The van der Waals surface area contributed by atoms with E-state index in [9.17, 15) is 4.79 Å². The van der Waals surface area contributed by atoms with Gasteiger partial charge < -0.3 is 5.32 Å². The molecule has 1 fully saturated rings. The highest BCUT2D eigenvalue weighted by Gasteiger charge is 1.95. The van der Waals surface area contributed by atoms with Crippen molar-refractivity contribution in [3.63, 3.8) is 0 Å². The van der Waals surface area contributed by atoms with Gasteiger partial charge in [0, 0.05) is 12.6 Å². The monoisotopic (exact) mass is 219 g/mol. The van der Waals surface area contributed by atoms with E-state index in [0.717, 1.165) is 5.69 Å². The molecule has 0 spiro atoms. The zero-order valence-electron chi connectivity index (χ0n) is 10.0. The molecule has 1 aromatic carbocycles. The Kier molecular flexibility index (Phi) is 6.31. The summed E-state index contributed by atoms with van der Waals surface area (Å²) in [6.07, 6.45) is 9.00. The molecule has 0 aliphatic heterocycles. The quantitative estimate of drug-likeness (QED) is 0.760. The first-order chi connectivity index (χ1) is 7.79. The van der Waals surface area contributed by atoms with Crippen LogP contribution in [0, 0.1) is 0 Å². The molecule has 1 saturated carbocycles. The molecule has 2 heteroatoms. The third kappa shape index (κ3) is 6.23. The van der Waals surface area contributed by atoms with Crippen LogP contribution in [0.3, 0.4) is 0 Å². The summed E-state index contributed by atoms with van der Waals surface area (Å²) in [6, 6.07) is 9.37. The average Bonchev–Trinajstić information content (AvgIpc) is 2.32.